The van der Waals surface area contributed by atoms with Gasteiger partial charge in [-0.1, -0.05) is 100 Å². The van der Waals surface area contributed by atoms with E-state index in [0.29, 0.717) is 0 Å². The molecule has 3 heteroatoms. The minimum atomic E-state index is -2.31. The predicted molar refractivity (Wildman–Crippen MR) is 110 cm³/mol. The van der Waals surface area contributed by atoms with Gasteiger partial charge in [-0.3, -0.25) is 0 Å². The maximum absolute atomic E-state index is 6.35. The third kappa shape index (κ3) is 4.00. The van der Waals surface area contributed by atoms with E-state index >= 15 is 0 Å². The summed E-state index contributed by atoms with van der Waals surface area (Å²) in [4.78, 5) is 0. The van der Waals surface area contributed by atoms with Crippen molar-refractivity contribution in [1.29, 1.82) is 0 Å². The van der Waals surface area contributed by atoms with Crippen LogP contribution in [0.15, 0.2) is 60.7 Å². The Kier molecular flexibility index (Phi) is 5.42. The van der Waals surface area contributed by atoms with Crippen molar-refractivity contribution in [3.8, 4) is 11.7 Å². The molecule has 0 atom stereocenters. The Balaban J connectivity index is 2.40. The highest BCUT2D eigenvalue weighted by Gasteiger charge is 2.37. The van der Waals surface area contributed by atoms with Crippen LogP contribution in [0, 0.1) is 11.7 Å². The minimum Gasteiger partial charge on any atom is -0.491 e. The SMILES string of the molecule is CC(C)(C)[Si](C)(C)C#CO[Si](C)(c1ccccc1)c1ccccc1. The van der Waals surface area contributed by atoms with Crippen molar-refractivity contribution >= 4 is 26.8 Å². The Hall–Kier alpha value is -1.77. The molecule has 0 aromatic heterocycles. The molecule has 0 bridgehead atoms. The van der Waals surface area contributed by atoms with Gasteiger partial charge in [0.2, 0.25) is 0 Å². The van der Waals surface area contributed by atoms with Gasteiger partial charge in [-0.15, -0.1) is 0 Å². The first-order valence-corrected chi connectivity index (χ1v) is 13.9. The second-order valence-corrected chi connectivity index (χ2v) is 16.4. The molecule has 24 heavy (non-hydrogen) atoms. The van der Waals surface area contributed by atoms with Crippen LogP contribution in [-0.4, -0.2) is 16.4 Å². The first kappa shape index (κ1) is 18.6. The second kappa shape index (κ2) is 7.00. The van der Waals surface area contributed by atoms with E-state index in [9.17, 15) is 0 Å². The molecule has 0 N–H and O–H groups in total. The summed E-state index contributed by atoms with van der Waals surface area (Å²) in [5.41, 5.74) is 3.50. The molecule has 0 fully saturated rings. The van der Waals surface area contributed by atoms with Crippen molar-refractivity contribution < 1.29 is 4.43 Å². The second-order valence-electron chi connectivity index (χ2n) is 7.97. The summed E-state index contributed by atoms with van der Waals surface area (Å²) < 4.78 is 6.35. The largest absolute Gasteiger partial charge is 0.491 e. The maximum Gasteiger partial charge on any atom is 0.324 e. The standard InChI is InChI=1S/C21H28OSi2/c1-21(2,3)23(4,5)18-17-22-24(6,19-13-9-7-10-14-19)20-15-11-8-12-16-20/h7-16H,1-6H3. The Morgan fingerprint density at radius 2 is 1.17 bits per heavy atom. The van der Waals surface area contributed by atoms with Gasteiger partial charge in [-0.2, -0.15) is 0 Å². The fourth-order valence-electron chi connectivity index (χ4n) is 2.24. The molecule has 0 aliphatic rings. The number of benzene rings is 2. The van der Waals surface area contributed by atoms with Crippen LogP contribution in [0.1, 0.15) is 20.8 Å². The van der Waals surface area contributed by atoms with Crippen molar-refractivity contribution in [2.75, 3.05) is 0 Å². The van der Waals surface area contributed by atoms with Gasteiger partial charge in [0, 0.05) is 0 Å². The fraction of sp³-hybridized carbons (Fsp3) is 0.333. The van der Waals surface area contributed by atoms with Crippen LogP contribution in [0.4, 0.5) is 0 Å². The normalized spacial score (nSPS) is 12.2. The van der Waals surface area contributed by atoms with Crippen LogP contribution in [0.25, 0.3) is 0 Å². The molecule has 0 spiro atoms. The number of rotatable bonds is 3. The monoisotopic (exact) mass is 352 g/mol. The minimum absolute atomic E-state index is 0.237. The van der Waals surface area contributed by atoms with Gasteiger partial charge in [0.25, 0.3) is 0 Å². The average molecular weight is 353 g/mol. The maximum atomic E-state index is 6.35. The topological polar surface area (TPSA) is 9.23 Å². The van der Waals surface area contributed by atoms with Crippen LogP contribution in [0.5, 0.6) is 0 Å². The highest BCUT2D eigenvalue weighted by atomic mass is 28.4. The summed E-state index contributed by atoms with van der Waals surface area (Å²) in [6.07, 6.45) is 3.14. The van der Waals surface area contributed by atoms with Crippen molar-refractivity contribution in [3.63, 3.8) is 0 Å². The van der Waals surface area contributed by atoms with Crippen molar-refractivity contribution in [3.05, 3.63) is 60.7 Å². The zero-order valence-electron chi connectivity index (χ0n) is 15.7. The zero-order chi connectivity index (χ0) is 17.8. The summed E-state index contributed by atoms with van der Waals surface area (Å²) in [6, 6.07) is 21.0. The summed E-state index contributed by atoms with van der Waals surface area (Å²) in [6.45, 7) is 13.7. The third-order valence-electron chi connectivity index (χ3n) is 5.14. The Morgan fingerprint density at radius 3 is 1.54 bits per heavy atom. The molecule has 2 rings (SSSR count). The van der Waals surface area contributed by atoms with E-state index in [0.717, 1.165) is 0 Å². The lowest BCUT2D eigenvalue weighted by Gasteiger charge is -2.31. The Bertz CT molecular complexity index is 680. The highest BCUT2D eigenvalue weighted by molar-refractivity contribution is 6.96. The average Bonchev–Trinajstić information content (AvgIpc) is 2.55. The van der Waals surface area contributed by atoms with E-state index < -0.39 is 16.4 Å². The predicted octanol–water partition coefficient (Wildman–Crippen LogP) is 4.40. The third-order valence-corrected chi connectivity index (χ3v) is 13.0. The van der Waals surface area contributed by atoms with Crippen LogP contribution >= 0.6 is 0 Å². The smallest absolute Gasteiger partial charge is 0.324 e. The summed E-state index contributed by atoms with van der Waals surface area (Å²) in [7, 11) is -3.98. The lowest BCUT2D eigenvalue weighted by molar-refractivity contribution is 0.533. The fourth-order valence-corrected chi connectivity index (χ4v) is 5.50. The summed E-state index contributed by atoms with van der Waals surface area (Å²) in [5, 5.41) is 2.74. The van der Waals surface area contributed by atoms with E-state index in [2.05, 4.69) is 101 Å². The van der Waals surface area contributed by atoms with Gasteiger partial charge >= 0.3 is 8.32 Å². The molecule has 0 saturated carbocycles. The molecule has 0 aliphatic heterocycles. The number of hydrogen-bond donors (Lipinski definition) is 0. The first-order chi connectivity index (χ1) is 11.2. The Labute approximate surface area is 149 Å². The zero-order valence-corrected chi connectivity index (χ0v) is 17.7. The molecule has 126 valence electrons. The van der Waals surface area contributed by atoms with E-state index in [1.165, 1.54) is 10.4 Å². The van der Waals surface area contributed by atoms with Crippen molar-refractivity contribution in [1.82, 2.24) is 0 Å². The van der Waals surface area contributed by atoms with E-state index in [1.807, 2.05) is 12.1 Å². The molecular weight excluding hydrogens is 324 g/mol. The quantitative estimate of drug-likeness (QED) is 0.587. The summed E-state index contributed by atoms with van der Waals surface area (Å²) in [5.74, 6) is 0. The van der Waals surface area contributed by atoms with Crippen molar-refractivity contribution in [2.24, 2.45) is 0 Å². The first-order valence-electron chi connectivity index (χ1n) is 8.48. The molecule has 2 aromatic carbocycles. The van der Waals surface area contributed by atoms with Gasteiger partial charge in [0.05, 0.1) is 6.11 Å². The van der Waals surface area contributed by atoms with E-state index in [1.54, 1.807) is 0 Å². The van der Waals surface area contributed by atoms with E-state index in [4.69, 9.17) is 4.43 Å². The molecule has 0 unspecified atom stereocenters. The van der Waals surface area contributed by atoms with Gasteiger partial charge in [-0.25, -0.2) is 0 Å². The van der Waals surface area contributed by atoms with E-state index in [-0.39, 0.29) is 5.04 Å². The Morgan fingerprint density at radius 1 is 0.750 bits per heavy atom. The molecule has 0 saturated heterocycles. The molecule has 0 aliphatic carbocycles. The van der Waals surface area contributed by atoms with Crippen LogP contribution < -0.4 is 10.4 Å². The number of hydrogen-bond acceptors (Lipinski definition) is 1. The molecule has 1 nitrogen and oxygen atoms in total. The lowest BCUT2D eigenvalue weighted by atomic mass is 10.2. The van der Waals surface area contributed by atoms with Crippen LogP contribution in [0.3, 0.4) is 0 Å². The highest BCUT2D eigenvalue weighted by Crippen LogP contribution is 2.35. The molecule has 2 aromatic rings. The lowest BCUT2D eigenvalue weighted by Crippen LogP contribution is -2.57. The van der Waals surface area contributed by atoms with Crippen LogP contribution in [-0.2, 0) is 4.43 Å². The molecule has 0 heterocycles. The van der Waals surface area contributed by atoms with Gasteiger partial charge in [-0.05, 0) is 22.0 Å². The van der Waals surface area contributed by atoms with Crippen molar-refractivity contribution in [2.45, 2.75) is 45.5 Å². The van der Waals surface area contributed by atoms with Gasteiger partial charge in [0.15, 0.2) is 0 Å². The molecular formula is C21H28OSi2. The summed E-state index contributed by atoms with van der Waals surface area (Å²) >= 11 is 0. The van der Waals surface area contributed by atoms with Crippen LogP contribution in [0.2, 0.25) is 24.7 Å². The molecule has 0 radical (unpaired) electrons. The molecule has 0 amide bonds. The van der Waals surface area contributed by atoms with Gasteiger partial charge < -0.3 is 4.43 Å². The van der Waals surface area contributed by atoms with Gasteiger partial charge in [0.1, 0.15) is 8.07 Å².